The van der Waals surface area contributed by atoms with E-state index < -0.39 is 0 Å². The number of rotatable bonds is 4. The van der Waals surface area contributed by atoms with Crippen LogP contribution in [0.4, 0.5) is 0 Å². The van der Waals surface area contributed by atoms with Crippen molar-refractivity contribution in [3.05, 3.63) is 82.9 Å². The Balaban J connectivity index is 2.06. The zero-order valence-corrected chi connectivity index (χ0v) is 14.8. The molecule has 0 aromatic heterocycles. The molecule has 0 amide bonds. The average molecular weight is 336 g/mol. The van der Waals surface area contributed by atoms with E-state index in [9.17, 15) is 5.26 Å². The number of nitriles is 1. The fourth-order valence-electron chi connectivity index (χ4n) is 3.93. The van der Waals surface area contributed by atoms with Gasteiger partial charge in [0.25, 0.3) is 0 Å². The van der Waals surface area contributed by atoms with Crippen molar-refractivity contribution in [2.75, 3.05) is 0 Å². The molecule has 0 spiro atoms. The van der Waals surface area contributed by atoms with E-state index in [0.29, 0.717) is 17.7 Å². The van der Waals surface area contributed by atoms with E-state index in [-0.39, 0.29) is 0 Å². The van der Waals surface area contributed by atoms with Crippen molar-refractivity contribution < 1.29 is 0 Å². The van der Waals surface area contributed by atoms with E-state index in [2.05, 4.69) is 55.5 Å². The molecule has 4 rings (SSSR count). The van der Waals surface area contributed by atoms with Crippen molar-refractivity contribution >= 4 is 5.71 Å². The first-order chi connectivity index (χ1) is 12.7. The molecule has 0 radical (unpaired) electrons. The maximum absolute atomic E-state index is 9.89. The fourth-order valence-corrected chi connectivity index (χ4v) is 3.93. The first-order valence-corrected chi connectivity index (χ1v) is 9.06. The lowest BCUT2D eigenvalue weighted by atomic mass is 9.86. The van der Waals surface area contributed by atoms with Crippen molar-refractivity contribution in [1.82, 2.24) is 0 Å². The molecule has 26 heavy (non-hydrogen) atoms. The van der Waals surface area contributed by atoms with Gasteiger partial charge in [0.15, 0.2) is 0 Å². The Labute approximate surface area is 154 Å². The molecule has 1 N–H and O–H groups in total. The second-order valence-corrected chi connectivity index (χ2v) is 6.74. The van der Waals surface area contributed by atoms with E-state index >= 15 is 0 Å². The summed E-state index contributed by atoms with van der Waals surface area (Å²) in [5.41, 5.74) is 8.99. The summed E-state index contributed by atoms with van der Waals surface area (Å²) >= 11 is 0. The molecule has 0 unspecified atom stereocenters. The number of fused-ring (bicyclic) bond motifs is 3. The number of hydrogen-bond donors (Lipinski definition) is 1. The van der Waals surface area contributed by atoms with Gasteiger partial charge in [0, 0.05) is 17.7 Å². The summed E-state index contributed by atoms with van der Waals surface area (Å²) in [7, 11) is 0. The van der Waals surface area contributed by atoms with Crippen LogP contribution >= 0.6 is 0 Å². The molecular formula is C24H20N2. The number of nitrogens with one attached hydrogen (secondary N) is 1. The molecule has 0 heterocycles. The molecule has 0 bridgehead atoms. The van der Waals surface area contributed by atoms with E-state index in [1.54, 1.807) is 0 Å². The van der Waals surface area contributed by atoms with Crippen LogP contribution in [0.3, 0.4) is 0 Å². The SMILES string of the molecule is CCCC(=N)c1cc(-c2ccccc2)c2c(c1C#N)Cc1ccccc1-2. The standard InChI is InChI=1S/C24H20N2/c1-2-8-23(26)20-14-19(16-9-4-3-5-10-16)24-18-12-7-6-11-17(18)13-21(24)22(20)15-25/h3-7,9-12,14,26H,2,8,13H2,1H3. The molecule has 0 fully saturated rings. The number of benzene rings is 3. The third kappa shape index (κ3) is 2.53. The van der Waals surface area contributed by atoms with Gasteiger partial charge >= 0.3 is 0 Å². The van der Waals surface area contributed by atoms with Gasteiger partial charge < -0.3 is 5.41 Å². The second-order valence-electron chi connectivity index (χ2n) is 6.74. The largest absolute Gasteiger partial charge is 0.305 e. The summed E-state index contributed by atoms with van der Waals surface area (Å²) < 4.78 is 0. The van der Waals surface area contributed by atoms with Crippen LogP contribution in [0.2, 0.25) is 0 Å². The van der Waals surface area contributed by atoms with Gasteiger partial charge in [-0.15, -0.1) is 0 Å². The summed E-state index contributed by atoms with van der Waals surface area (Å²) in [5, 5.41) is 18.4. The van der Waals surface area contributed by atoms with Gasteiger partial charge in [-0.25, -0.2) is 0 Å². The van der Waals surface area contributed by atoms with Crippen LogP contribution in [0, 0.1) is 16.7 Å². The van der Waals surface area contributed by atoms with Crippen molar-refractivity contribution in [2.24, 2.45) is 0 Å². The topological polar surface area (TPSA) is 47.6 Å². The van der Waals surface area contributed by atoms with E-state index in [4.69, 9.17) is 5.41 Å². The molecular weight excluding hydrogens is 316 g/mol. The fraction of sp³-hybridized carbons (Fsp3) is 0.167. The van der Waals surface area contributed by atoms with Gasteiger partial charge in [0.2, 0.25) is 0 Å². The monoisotopic (exact) mass is 336 g/mol. The zero-order valence-electron chi connectivity index (χ0n) is 14.8. The Morgan fingerprint density at radius 2 is 1.77 bits per heavy atom. The van der Waals surface area contributed by atoms with Crippen LogP contribution in [-0.4, -0.2) is 5.71 Å². The lowest BCUT2D eigenvalue weighted by molar-refractivity contribution is 0.985. The smallest absolute Gasteiger partial charge is 0.100 e. The normalized spacial score (nSPS) is 11.5. The summed E-state index contributed by atoms with van der Waals surface area (Å²) in [6.45, 7) is 2.07. The maximum atomic E-state index is 9.89. The quantitative estimate of drug-likeness (QED) is 0.459. The molecule has 3 aromatic carbocycles. The summed E-state index contributed by atoms with van der Waals surface area (Å²) in [4.78, 5) is 0. The Morgan fingerprint density at radius 1 is 1.04 bits per heavy atom. The molecule has 0 aliphatic heterocycles. The lowest BCUT2D eigenvalue weighted by Crippen LogP contribution is -2.06. The highest BCUT2D eigenvalue weighted by Crippen LogP contribution is 2.45. The van der Waals surface area contributed by atoms with Crippen LogP contribution in [0.1, 0.15) is 42.0 Å². The summed E-state index contributed by atoms with van der Waals surface area (Å²) in [6.07, 6.45) is 2.36. The van der Waals surface area contributed by atoms with Crippen molar-refractivity contribution in [2.45, 2.75) is 26.2 Å². The molecule has 126 valence electrons. The Kier molecular flexibility index (Phi) is 4.14. The van der Waals surface area contributed by atoms with Crippen molar-refractivity contribution in [1.29, 1.82) is 10.7 Å². The number of hydrogen-bond acceptors (Lipinski definition) is 2. The minimum Gasteiger partial charge on any atom is -0.305 e. The minimum absolute atomic E-state index is 0.556. The van der Waals surface area contributed by atoms with Gasteiger partial charge in [-0.2, -0.15) is 5.26 Å². The zero-order chi connectivity index (χ0) is 18.1. The minimum atomic E-state index is 0.556. The van der Waals surface area contributed by atoms with E-state index in [1.807, 2.05) is 18.2 Å². The van der Waals surface area contributed by atoms with Crippen molar-refractivity contribution in [3.8, 4) is 28.3 Å². The van der Waals surface area contributed by atoms with E-state index in [1.165, 1.54) is 11.1 Å². The van der Waals surface area contributed by atoms with Crippen LogP contribution in [0.15, 0.2) is 60.7 Å². The van der Waals surface area contributed by atoms with Gasteiger partial charge in [0.05, 0.1) is 5.56 Å². The first kappa shape index (κ1) is 16.3. The molecule has 3 aromatic rings. The molecule has 1 aliphatic carbocycles. The first-order valence-electron chi connectivity index (χ1n) is 9.06. The Hall–Kier alpha value is -3.18. The second kappa shape index (κ2) is 6.61. The highest BCUT2D eigenvalue weighted by molar-refractivity contribution is 6.05. The lowest BCUT2D eigenvalue weighted by Gasteiger charge is -2.16. The van der Waals surface area contributed by atoms with Crippen LogP contribution in [-0.2, 0) is 6.42 Å². The summed E-state index contributed by atoms with van der Waals surface area (Å²) in [6, 6.07) is 23.2. The molecule has 2 heteroatoms. The predicted octanol–water partition coefficient (Wildman–Crippen LogP) is 5.96. The van der Waals surface area contributed by atoms with Crippen LogP contribution in [0.5, 0.6) is 0 Å². The van der Waals surface area contributed by atoms with Gasteiger partial charge in [-0.3, -0.25) is 0 Å². The molecule has 0 saturated heterocycles. The Morgan fingerprint density at radius 3 is 2.50 bits per heavy atom. The molecule has 0 saturated carbocycles. The third-order valence-electron chi connectivity index (χ3n) is 5.11. The highest BCUT2D eigenvalue weighted by Gasteiger charge is 2.27. The third-order valence-corrected chi connectivity index (χ3v) is 5.11. The number of nitrogens with zero attached hydrogens (tertiary/aromatic N) is 1. The average Bonchev–Trinajstić information content (AvgIpc) is 3.07. The summed E-state index contributed by atoms with van der Waals surface area (Å²) in [5.74, 6) is 0. The Bertz CT molecular complexity index is 1040. The highest BCUT2D eigenvalue weighted by atomic mass is 14.4. The van der Waals surface area contributed by atoms with Gasteiger partial charge in [-0.05, 0) is 45.9 Å². The maximum Gasteiger partial charge on any atom is 0.100 e. The van der Waals surface area contributed by atoms with Crippen molar-refractivity contribution in [3.63, 3.8) is 0 Å². The van der Waals surface area contributed by atoms with Gasteiger partial charge in [-0.1, -0.05) is 67.9 Å². The van der Waals surface area contributed by atoms with Gasteiger partial charge in [0.1, 0.15) is 6.07 Å². The molecule has 1 aliphatic rings. The van der Waals surface area contributed by atoms with Crippen LogP contribution in [0.25, 0.3) is 22.3 Å². The molecule has 2 nitrogen and oxygen atoms in total. The van der Waals surface area contributed by atoms with Crippen LogP contribution < -0.4 is 0 Å². The van der Waals surface area contributed by atoms with E-state index in [0.717, 1.165) is 40.7 Å². The molecule has 0 atom stereocenters. The predicted molar refractivity (Wildman–Crippen MR) is 107 cm³/mol.